The van der Waals surface area contributed by atoms with Crippen LogP contribution in [0.25, 0.3) is 0 Å². The molecule has 0 bridgehead atoms. The third kappa shape index (κ3) is 5.98. The summed E-state index contributed by atoms with van der Waals surface area (Å²) < 4.78 is 12.0. The molecule has 0 fully saturated rings. The molecule has 4 nitrogen and oxygen atoms in total. The maximum atomic E-state index is 8.95. The molecule has 2 aromatic rings. The van der Waals surface area contributed by atoms with Crippen LogP contribution in [0.3, 0.4) is 0 Å². The molecule has 0 spiro atoms. The quantitative estimate of drug-likeness (QED) is 0.545. The van der Waals surface area contributed by atoms with E-state index in [2.05, 4.69) is 26.0 Å². The summed E-state index contributed by atoms with van der Waals surface area (Å²) in [6, 6.07) is 16.2. The van der Waals surface area contributed by atoms with Crippen molar-refractivity contribution >= 4 is 0 Å². The van der Waals surface area contributed by atoms with E-state index in [1.54, 1.807) is 0 Å². The summed E-state index contributed by atoms with van der Waals surface area (Å²) in [6.45, 7) is 5.92. The summed E-state index contributed by atoms with van der Waals surface area (Å²) in [5.41, 5.74) is 1.93. The van der Waals surface area contributed by atoms with Gasteiger partial charge in [-0.15, -0.1) is 0 Å². The second-order valence-corrected chi connectivity index (χ2v) is 7.18. The normalized spacial score (nSPS) is 11.4. The van der Waals surface area contributed by atoms with E-state index in [1.807, 2.05) is 36.4 Å². The third-order valence-corrected chi connectivity index (χ3v) is 4.74. The van der Waals surface area contributed by atoms with Crippen LogP contribution in [0, 0.1) is 0 Å². The van der Waals surface area contributed by atoms with Crippen LogP contribution in [0.15, 0.2) is 48.5 Å². The van der Waals surface area contributed by atoms with E-state index in [9.17, 15) is 0 Å². The molecule has 2 N–H and O–H groups in total. The Morgan fingerprint density at radius 2 is 1.07 bits per heavy atom. The molecule has 0 aliphatic heterocycles. The summed E-state index contributed by atoms with van der Waals surface area (Å²) in [5.74, 6) is 1.74. The number of hydrogen-bond donors (Lipinski definition) is 2. The molecule has 27 heavy (non-hydrogen) atoms. The summed E-state index contributed by atoms with van der Waals surface area (Å²) in [6.07, 6.45) is 3.15. The number of hydrogen-bond acceptors (Lipinski definition) is 4. The van der Waals surface area contributed by atoms with Gasteiger partial charge in [0.15, 0.2) is 0 Å². The molecule has 0 radical (unpaired) electrons. The zero-order valence-electron chi connectivity index (χ0n) is 16.5. The van der Waals surface area contributed by atoms with Crippen LogP contribution >= 0.6 is 0 Å². The second-order valence-electron chi connectivity index (χ2n) is 7.18. The molecule has 0 atom stereocenters. The van der Waals surface area contributed by atoms with Gasteiger partial charge in [0.2, 0.25) is 0 Å². The van der Waals surface area contributed by atoms with E-state index in [0.29, 0.717) is 13.2 Å². The van der Waals surface area contributed by atoms with E-state index in [1.165, 1.54) is 0 Å². The lowest BCUT2D eigenvalue weighted by Gasteiger charge is -2.30. The van der Waals surface area contributed by atoms with Crippen LogP contribution in [0.5, 0.6) is 11.5 Å². The Bertz CT molecular complexity index is 624. The van der Waals surface area contributed by atoms with Crippen molar-refractivity contribution in [3.05, 3.63) is 59.7 Å². The van der Waals surface area contributed by atoms with Gasteiger partial charge >= 0.3 is 0 Å². The molecule has 0 heterocycles. The van der Waals surface area contributed by atoms with E-state index in [0.717, 1.165) is 48.3 Å². The molecule has 0 aliphatic rings. The molecule has 0 saturated heterocycles. The Kier molecular flexibility index (Phi) is 8.62. The van der Waals surface area contributed by atoms with Crippen LogP contribution in [0.1, 0.15) is 50.7 Å². The van der Waals surface area contributed by atoms with Crippen molar-refractivity contribution in [3.8, 4) is 11.5 Å². The molecule has 2 aromatic carbocycles. The lowest BCUT2D eigenvalue weighted by Crippen LogP contribution is -2.21. The Hall–Kier alpha value is -2.04. The van der Waals surface area contributed by atoms with Crippen LogP contribution in [0.4, 0.5) is 0 Å². The van der Waals surface area contributed by atoms with Gasteiger partial charge in [0.25, 0.3) is 0 Å². The minimum atomic E-state index is -0.291. The first-order valence-electron chi connectivity index (χ1n) is 9.77. The molecule has 0 amide bonds. The van der Waals surface area contributed by atoms with Gasteiger partial charge in [0, 0.05) is 29.8 Å². The molecular formula is C23H32O4. The van der Waals surface area contributed by atoms with Crippen molar-refractivity contribution in [1.82, 2.24) is 0 Å². The van der Waals surface area contributed by atoms with Crippen LogP contribution < -0.4 is 9.47 Å². The zero-order chi connectivity index (χ0) is 19.5. The van der Waals surface area contributed by atoms with Gasteiger partial charge in [-0.3, -0.25) is 0 Å². The van der Waals surface area contributed by atoms with Gasteiger partial charge in [-0.2, -0.15) is 0 Å². The molecule has 2 rings (SSSR count). The number of rotatable bonds is 12. The Labute approximate surface area is 162 Å². The maximum Gasteiger partial charge on any atom is 0.123 e. The lowest BCUT2D eigenvalue weighted by molar-refractivity contribution is 0.248. The highest BCUT2D eigenvalue weighted by atomic mass is 16.5. The van der Waals surface area contributed by atoms with Gasteiger partial charge in [-0.05, 0) is 37.8 Å². The first kappa shape index (κ1) is 21.3. The summed E-state index contributed by atoms with van der Waals surface area (Å²) in [4.78, 5) is 0. The van der Waals surface area contributed by atoms with E-state index >= 15 is 0 Å². The van der Waals surface area contributed by atoms with Gasteiger partial charge in [-0.1, -0.05) is 50.2 Å². The van der Waals surface area contributed by atoms with Crippen LogP contribution in [-0.4, -0.2) is 36.6 Å². The SMILES string of the molecule is CC(C)(c1ccccc1OCCCCO)c1ccccc1OCCCCO. The predicted molar refractivity (Wildman–Crippen MR) is 109 cm³/mol. The van der Waals surface area contributed by atoms with E-state index < -0.39 is 0 Å². The molecule has 0 aromatic heterocycles. The number of aliphatic hydroxyl groups is 2. The summed E-state index contributed by atoms with van der Waals surface area (Å²) >= 11 is 0. The van der Waals surface area contributed by atoms with Crippen molar-refractivity contribution in [2.45, 2.75) is 44.9 Å². The standard InChI is InChI=1S/C23H32O4/c1-23(2,19-11-3-5-13-21(19)26-17-9-7-15-24)20-12-4-6-14-22(20)27-18-10-8-16-25/h3-6,11-14,24-25H,7-10,15-18H2,1-2H3. The first-order chi connectivity index (χ1) is 13.1. The highest BCUT2D eigenvalue weighted by molar-refractivity contribution is 5.50. The molecule has 0 aliphatic carbocycles. The first-order valence-corrected chi connectivity index (χ1v) is 9.77. The highest BCUT2D eigenvalue weighted by Gasteiger charge is 2.29. The Morgan fingerprint density at radius 1 is 0.667 bits per heavy atom. The second kappa shape index (κ2) is 11.0. The minimum absolute atomic E-state index is 0.192. The summed E-state index contributed by atoms with van der Waals surface area (Å²) in [5, 5.41) is 17.9. The van der Waals surface area contributed by atoms with Crippen molar-refractivity contribution in [3.63, 3.8) is 0 Å². The molecule has 4 heteroatoms. The van der Waals surface area contributed by atoms with E-state index in [-0.39, 0.29) is 18.6 Å². The largest absolute Gasteiger partial charge is 0.493 e. The number of benzene rings is 2. The molecular weight excluding hydrogens is 340 g/mol. The number of aliphatic hydroxyl groups excluding tert-OH is 2. The monoisotopic (exact) mass is 372 g/mol. The van der Waals surface area contributed by atoms with Crippen LogP contribution in [0.2, 0.25) is 0 Å². The number of para-hydroxylation sites is 2. The van der Waals surface area contributed by atoms with Gasteiger partial charge < -0.3 is 19.7 Å². The molecule has 0 saturated carbocycles. The van der Waals surface area contributed by atoms with Crippen molar-refractivity contribution in [2.75, 3.05) is 26.4 Å². The highest BCUT2D eigenvalue weighted by Crippen LogP contribution is 2.41. The summed E-state index contributed by atoms with van der Waals surface area (Å²) in [7, 11) is 0. The third-order valence-electron chi connectivity index (χ3n) is 4.74. The van der Waals surface area contributed by atoms with Crippen molar-refractivity contribution in [2.24, 2.45) is 0 Å². The predicted octanol–water partition coefficient (Wildman–Crippen LogP) is 4.32. The molecule has 148 valence electrons. The average Bonchev–Trinajstić information content (AvgIpc) is 2.69. The van der Waals surface area contributed by atoms with Gasteiger partial charge in [-0.25, -0.2) is 0 Å². The number of unbranched alkanes of at least 4 members (excludes halogenated alkanes) is 2. The average molecular weight is 373 g/mol. The topological polar surface area (TPSA) is 58.9 Å². The van der Waals surface area contributed by atoms with Crippen molar-refractivity contribution in [1.29, 1.82) is 0 Å². The fraction of sp³-hybridized carbons (Fsp3) is 0.478. The van der Waals surface area contributed by atoms with E-state index in [4.69, 9.17) is 19.7 Å². The minimum Gasteiger partial charge on any atom is -0.493 e. The van der Waals surface area contributed by atoms with Gasteiger partial charge in [0.05, 0.1) is 13.2 Å². The Balaban J connectivity index is 2.23. The number of ether oxygens (including phenoxy) is 2. The maximum absolute atomic E-state index is 8.95. The fourth-order valence-electron chi connectivity index (χ4n) is 3.15. The lowest BCUT2D eigenvalue weighted by atomic mass is 9.77. The Morgan fingerprint density at radius 3 is 1.48 bits per heavy atom. The fourth-order valence-corrected chi connectivity index (χ4v) is 3.15. The molecule has 0 unspecified atom stereocenters. The van der Waals surface area contributed by atoms with Gasteiger partial charge in [0.1, 0.15) is 11.5 Å². The zero-order valence-corrected chi connectivity index (χ0v) is 16.5. The van der Waals surface area contributed by atoms with Crippen LogP contribution in [-0.2, 0) is 5.41 Å². The van der Waals surface area contributed by atoms with Crippen molar-refractivity contribution < 1.29 is 19.7 Å². The smallest absolute Gasteiger partial charge is 0.123 e.